The number of hydrogen-bond acceptors (Lipinski definition) is 1. The summed E-state index contributed by atoms with van der Waals surface area (Å²) in [7, 11) is 2.16. The van der Waals surface area contributed by atoms with Gasteiger partial charge in [0.1, 0.15) is 0 Å². The third-order valence-electron chi connectivity index (χ3n) is 2.24. The highest BCUT2D eigenvalue weighted by Crippen LogP contribution is 2.11. The van der Waals surface area contributed by atoms with Gasteiger partial charge in [0.05, 0.1) is 5.84 Å². The Morgan fingerprint density at radius 2 is 2.00 bits per heavy atom. The molecule has 12 heavy (non-hydrogen) atoms. The second kappa shape index (κ2) is 4.48. The fourth-order valence-electron chi connectivity index (χ4n) is 1.59. The van der Waals surface area contributed by atoms with Crippen LogP contribution in [0.15, 0.2) is 4.99 Å². The highest BCUT2D eigenvalue weighted by molar-refractivity contribution is 5.82. The molecule has 0 aromatic carbocycles. The molecule has 1 saturated heterocycles. The van der Waals surface area contributed by atoms with E-state index in [1.165, 1.54) is 38.1 Å². The van der Waals surface area contributed by atoms with E-state index >= 15 is 0 Å². The summed E-state index contributed by atoms with van der Waals surface area (Å²) in [5.74, 6) is 1.31. The number of aliphatic imine (C=N–C) groups is 1. The summed E-state index contributed by atoms with van der Waals surface area (Å²) >= 11 is 0. The molecule has 1 rings (SSSR count). The fraction of sp³-hybridized carbons (Fsp3) is 0.900. The Morgan fingerprint density at radius 1 is 1.25 bits per heavy atom. The second-order valence-corrected chi connectivity index (χ2v) is 3.87. The van der Waals surface area contributed by atoms with Crippen LogP contribution in [0, 0.1) is 0 Å². The zero-order valence-corrected chi connectivity index (χ0v) is 8.51. The van der Waals surface area contributed by atoms with Gasteiger partial charge < -0.3 is 4.90 Å². The SMILES string of the molecule is CC(C)N=C1CCCCCN1C. The minimum Gasteiger partial charge on any atom is -0.363 e. The van der Waals surface area contributed by atoms with Crippen molar-refractivity contribution in [2.45, 2.75) is 45.6 Å². The van der Waals surface area contributed by atoms with Gasteiger partial charge in [-0.2, -0.15) is 0 Å². The number of hydrogen-bond donors (Lipinski definition) is 0. The third-order valence-corrected chi connectivity index (χ3v) is 2.24. The van der Waals surface area contributed by atoms with Crippen molar-refractivity contribution in [1.29, 1.82) is 0 Å². The maximum atomic E-state index is 4.62. The van der Waals surface area contributed by atoms with Gasteiger partial charge in [0.25, 0.3) is 0 Å². The van der Waals surface area contributed by atoms with Crippen LogP contribution in [0.2, 0.25) is 0 Å². The molecule has 0 aromatic rings. The van der Waals surface area contributed by atoms with E-state index in [1.807, 2.05) is 0 Å². The molecule has 1 aliphatic rings. The summed E-state index contributed by atoms with van der Waals surface area (Å²) in [6.45, 7) is 5.48. The minimum absolute atomic E-state index is 0.445. The van der Waals surface area contributed by atoms with E-state index in [0.29, 0.717) is 6.04 Å². The van der Waals surface area contributed by atoms with E-state index in [-0.39, 0.29) is 0 Å². The summed E-state index contributed by atoms with van der Waals surface area (Å²) in [6.07, 6.45) is 5.18. The van der Waals surface area contributed by atoms with Crippen LogP contribution in [0.5, 0.6) is 0 Å². The zero-order valence-electron chi connectivity index (χ0n) is 8.51. The first-order valence-electron chi connectivity index (χ1n) is 4.98. The topological polar surface area (TPSA) is 15.6 Å². The highest BCUT2D eigenvalue weighted by Gasteiger charge is 2.10. The summed E-state index contributed by atoms with van der Waals surface area (Å²) in [6, 6.07) is 0.445. The van der Waals surface area contributed by atoms with Gasteiger partial charge >= 0.3 is 0 Å². The van der Waals surface area contributed by atoms with Crippen molar-refractivity contribution in [2.24, 2.45) is 4.99 Å². The maximum absolute atomic E-state index is 4.62. The van der Waals surface area contributed by atoms with Gasteiger partial charge in [-0.25, -0.2) is 0 Å². The molecule has 2 nitrogen and oxygen atoms in total. The molecule has 70 valence electrons. The first-order chi connectivity index (χ1) is 5.70. The first-order valence-corrected chi connectivity index (χ1v) is 4.98. The standard InChI is InChI=1S/C10H20N2/c1-9(2)11-10-7-5-4-6-8-12(10)3/h9H,4-8H2,1-3H3. The molecule has 0 aromatic heterocycles. The number of likely N-dealkylation sites (tertiary alicyclic amines) is 1. The highest BCUT2D eigenvalue weighted by atomic mass is 15.2. The Balaban J connectivity index is 2.58. The van der Waals surface area contributed by atoms with Crippen LogP contribution in [-0.4, -0.2) is 30.4 Å². The van der Waals surface area contributed by atoms with Crippen molar-refractivity contribution >= 4 is 5.84 Å². The van der Waals surface area contributed by atoms with E-state index < -0.39 is 0 Å². The van der Waals surface area contributed by atoms with Gasteiger partial charge in [0.2, 0.25) is 0 Å². The Kier molecular flexibility index (Phi) is 3.57. The Bertz CT molecular complexity index is 161. The molecule has 1 fully saturated rings. The van der Waals surface area contributed by atoms with Gasteiger partial charge in [-0.1, -0.05) is 6.42 Å². The molecule has 1 aliphatic heterocycles. The molecular weight excluding hydrogens is 148 g/mol. The molecule has 2 heteroatoms. The monoisotopic (exact) mass is 168 g/mol. The van der Waals surface area contributed by atoms with Crippen molar-refractivity contribution in [1.82, 2.24) is 4.90 Å². The molecule has 0 saturated carbocycles. The van der Waals surface area contributed by atoms with Crippen LogP contribution in [0.25, 0.3) is 0 Å². The molecule has 0 N–H and O–H groups in total. The molecule has 0 unspecified atom stereocenters. The maximum Gasteiger partial charge on any atom is 0.0989 e. The van der Waals surface area contributed by atoms with Crippen molar-refractivity contribution in [3.8, 4) is 0 Å². The summed E-state index contributed by atoms with van der Waals surface area (Å²) in [4.78, 5) is 6.93. The van der Waals surface area contributed by atoms with Gasteiger partial charge in [-0.3, -0.25) is 4.99 Å². The van der Waals surface area contributed by atoms with Crippen LogP contribution in [0.1, 0.15) is 39.5 Å². The number of nitrogens with zero attached hydrogens (tertiary/aromatic N) is 2. The molecule has 0 bridgehead atoms. The number of amidine groups is 1. The van der Waals surface area contributed by atoms with E-state index in [0.717, 1.165) is 0 Å². The Hall–Kier alpha value is -0.530. The van der Waals surface area contributed by atoms with E-state index in [4.69, 9.17) is 0 Å². The zero-order chi connectivity index (χ0) is 8.97. The predicted molar refractivity (Wildman–Crippen MR) is 53.7 cm³/mol. The lowest BCUT2D eigenvalue weighted by molar-refractivity contribution is 0.490. The predicted octanol–water partition coefficient (Wildman–Crippen LogP) is 2.30. The lowest BCUT2D eigenvalue weighted by Crippen LogP contribution is -2.26. The van der Waals surface area contributed by atoms with Crippen LogP contribution in [-0.2, 0) is 0 Å². The lowest BCUT2D eigenvalue weighted by atomic mass is 10.2. The summed E-state index contributed by atoms with van der Waals surface area (Å²) in [5.41, 5.74) is 0. The van der Waals surface area contributed by atoms with E-state index in [2.05, 4.69) is 30.8 Å². The van der Waals surface area contributed by atoms with Crippen LogP contribution in [0.4, 0.5) is 0 Å². The summed E-state index contributed by atoms with van der Waals surface area (Å²) in [5, 5.41) is 0. The van der Waals surface area contributed by atoms with Crippen LogP contribution >= 0.6 is 0 Å². The van der Waals surface area contributed by atoms with Crippen LogP contribution in [0.3, 0.4) is 0 Å². The van der Waals surface area contributed by atoms with Gasteiger partial charge in [-0.05, 0) is 26.7 Å². The van der Waals surface area contributed by atoms with E-state index in [1.54, 1.807) is 0 Å². The smallest absolute Gasteiger partial charge is 0.0989 e. The minimum atomic E-state index is 0.445. The van der Waals surface area contributed by atoms with Crippen LogP contribution < -0.4 is 0 Å². The third kappa shape index (κ3) is 2.84. The number of rotatable bonds is 1. The van der Waals surface area contributed by atoms with Crippen molar-refractivity contribution in [3.05, 3.63) is 0 Å². The molecule has 0 amide bonds. The Labute approximate surface area is 75.7 Å². The van der Waals surface area contributed by atoms with E-state index in [9.17, 15) is 0 Å². The average Bonchev–Trinajstić information content (AvgIpc) is 2.16. The normalized spacial score (nSPS) is 23.3. The van der Waals surface area contributed by atoms with Crippen molar-refractivity contribution in [3.63, 3.8) is 0 Å². The molecule has 1 heterocycles. The fourth-order valence-corrected chi connectivity index (χ4v) is 1.59. The Morgan fingerprint density at radius 3 is 2.67 bits per heavy atom. The molecule has 0 atom stereocenters. The first kappa shape index (κ1) is 9.56. The molecule has 0 spiro atoms. The van der Waals surface area contributed by atoms with Crippen molar-refractivity contribution < 1.29 is 0 Å². The average molecular weight is 168 g/mol. The largest absolute Gasteiger partial charge is 0.363 e. The molecular formula is C10H20N2. The van der Waals surface area contributed by atoms with Crippen molar-refractivity contribution in [2.75, 3.05) is 13.6 Å². The van der Waals surface area contributed by atoms with Gasteiger partial charge in [-0.15, -0.1) is 0 Å². The lowest BCUT2D eigenvalue weighted by Gasteiger charge is -2.18. The van der Waals surface area contributed by atoms with Gasteiger partial charge in [0, 0.05) is 26.1 Å². The summed E-state index contributed by atoms with van der Waals surface area (Å²) < 4.78 is 0. The van der Waals surface area contributed by atoms with Gasteiger partial charge in [0.15, 0.2) is 0 Å². The molecule has 0 radical (unpaired) electrons. The molecule has 0 aliphatic carbocycles. The second-order valence-electron chi connectivity index (χ2n) is 3.87. The quantitative estimate of drug-likeness (QED) is 0.586.